The Morgan fingerprint density at radius 1 is 1.32 bits per heavy atom. The van der Waals surface area contributed by atoms with Gasteiger partial charge in [-0.05, 0) is 18.9 Å². The Balaban J connectivity index is 2.31. The lowest BCUT2D eigenvalue weighted by Crippen LogP contribution is -2.28. The zero-order chi connectivity index (χ0) is 13.7. The van der Waals surface area contributed by atoms with Crippen LogP contribution in [0.2, 0.25) is 0 Å². The lowest BCUT2D eigenvalue weighted by Gasteiger charge is -2.25. The molecule has 1 aliphatic heterocycles. The molecule has 0 bridgehead atoms. The van der Waals surface area contributed by atoms with Gasteiger partial charge in [0.2, 0.25) is 0 Å². The Labute approximate surface area is 114 Å². The van der Waals surface area contributed by atoms with Crippen molar-refractivity contribution < 1.29 is 4.74 Å². The summed E-state index contributed by atoms with van der Waals surface area (Å²) in [6.07, 6.45) is 4.94. The number of nitrogens with zero attached hydrogens (tertiary/aromatic N) is 3. The fourth-order valence-corrected chi connectivity index (χ4v) is 2.70. The lowest BCUT2D eigenvalue weighted by molar-refractivity contribution is 0.187. The van der Waals surface area contributed by atoms with Gasteiger partial charge >= 0.3 is 0 Å². The molecule has 0 saturated carbocycles. The van der Waals surface area contributed by atoms with Gasteiger partial charge in [-0.2, -0.15) is 5.26 Å². The number of ether oxygens (including phenoxy) is 1. The largest absolute Gasteiger partial charge is 0.396 e. The van der Waals surface area contributed by atoms with Crippen molar-refractivity contribution in [3.63, 3.8) is 0 Å². The molecule has 1 fully saturated rings. The highest BCUT2D eigenvalue weighted by Gasteiger charge is 2.19. The maximum atomic E-state index is 9.22. The first-order chi connectivity index (χ1) is 9.27. The summed E-state index contributed by atoms with van der Waals surface area (Å²) in [5.74, 6) is 0.996. The Kier molecular flexibility index (Phi) is 4.69. The van der Waals surface area contributed by atoms with Gasteiger partial charge in [-0.15, -0.1) is 0 Å². The number of hydrogen-bond acceptors (Lipinski definition) is 4. The van der Waals surface area contributed by atoms with Gasteiger partial charge in [0.15, 0.2) is 0 Å². The second-order valence-electron chi connectivity index (χ2n) is 4.97. The third-order valence-electron chi connectivity index (χ3n) is 3.64. The van der Waals surface area contributed by atoms with Crippen molar-refractivity contribution >= 4 is 11.5 Å². The minimum Gasteiger partial charge on any atom is -0.396 e. The van der Waals surface area contributed by atoms with E-state index in [1.54, 1.807) is 13.2 Å². The number of hydrogen-bond donors (Lipinski definition) is 1. The lowest BCUT2D eigenvalue weighted by atomic mass is 10.2. The number of rotatable bonds is 4. The summed E-state index contributed by atoms with van der Waals surface area (Å²) in [5, 5.41) is 9.22. The Morgan fingerprint density at radius 3 is 2.58 bits per heavy atom. The van der Waals surface area contributed by atoms with E-state index in [9.17, 15) is 5.26 Å². The smallest absolute Gasteiger partial charge is 0.133 e. The topological polar surface area (TPSA) is 67.2 Å². The van der Waals surface area contributed by atoms with Crippen LogP contribution in [0.5, 0.6) is 0 Å². The van der Waals surface area contributed by atoms with Gasteiger partial charge in [0.25, 0.3) is 0 Å². The highest BCUT2D eigenvalue weighted by Crippen LogP contribution is 2.29. The number of nitrogens with two attached hydrogens (primary N) is 1. The molecule has 0 aliphatic carbocycles. The van der Waals surface area contributed by atoms with Crippen LogP contribution in [0, 0.1) is 11.3 Å². The first kappa shape index (κ1) is 13.8. The van der Waals surface area contributed by atoms with Gasteiger partial charge in [-0.25, -0.2) is 0 Å². The Bertz CT molecular complexity index is 453. The molecule has 0 unspecified atom stereocenters. The standard InChI is InChI=1S/C14H22N4O/c1-19-9-8-18-12(11-15)10-13(16)14(18)17-6-4-2-3-5-7-17/h10H,2-9,16H2,1H3. The third-order valence-corrected chi connectivity index (χ3v) is 3.64. The summed E-state index contributed by atoms with van der Waals surface area (Å²) in [6, 6.07) is 3.99. The van der Waals surface area contributed by atoms with E-state index >= 15 is 0 Å². The Hall–Kier alpha value is -1.67. The summed E-state index contributed by atoms with van der Waals surface area (Å²) >= 11 is 0. The van der Waals surface area contributed by atoms with Crippen molar-refractivity contribution in [1.29, 1.82) is 5.26 Å². The van der Waals surface area contributed by atoms with Crippen LogP contribution < -0.4 is 10.6 Å². The van der Waals surface area contributed by atoms with Gasteiger partial charge in [0, 0.05) is 26.7 Å². The molecule has 2 heterocycles. The second kappa shape index (κ2) is 6.48. The molecule has 0 amide bonds. The van der Waals surface area contributed by atoms with E-state index in [0.29, 0.717) is 24.5 Å². The molecule has 2 rings (SSSR count). The molecule has 104 valence electrons. The molecule has 1 aliphatic rings. The van der Waals surface area contributed by atoms with E-state index in [0.717, 1.165) is 18.9 Å². The molecule has 0 aromatic carbocycles. The van der Waals surface area contributed by atoms with Crippen molar-refractivity contribution in [2.75, 3.05) is 37.4 Å². The van der Waals surface area contributed by atoms with Crippen LogP contribution in [-0.4, -0.2) is 31.4 Å². The molecule has 5 nitrogen and oxygen atoms in total. The number of aromatic nitrogens is 1. The van der Waals surface area contributed by atoms with Gasteiger partial charge in [0.1, 0.15) is 17.6 Å². The number of nitrogen functional groups attached to an aromatic ring is 1. The fourth-order valence-electron chi connectivity index (χ4n) is 2.70. The zero-order valence-electron chi connectivity index (χ0n) is 11.6. The molecule has 5 heteroatoms. The van der Waals surface area contributed by atoms with Gasteiger partial charge in [0.05, 0.1) is 12.3 Å². The summed E-state index contributed by atoms with van der Waals surface area (Å²) in [5.41, 5.74) is 7.44. The number of anilines is 2. The summed E-state index contributed by atoms with van der Waals surface area (Å²) in [6.45, 7) is 3.30. The van der Waals surface area contributed by atoms with Crippen molar-refractivity contribution in [2.45, 2.75) is 32.2 Å². The SMILES string of the molecule is COCCn1c(C#N)cc(N)c1N1CCCCCC1. The number of nitriles is 1. The van der Waals surface area contributed by atoms with E-state index in [1.807, 2.05) is 4.57 Å². The third kappa shape index (κ3) is 3.02. The van der Waals surface area contributed by atoms with Crippen LogP contribution in [0.4, 0.5) is 11.5 Å². The van der Waals surface area contributed by atoms with E-state index in [4.69, 9.17) is 10.5 Å². The maximum Gasteiger partial charge on any atom is 0.133 e. The maximum absolute atomic E-state index is 9.22. The monoisotopic (exact) mass is 262 g/mol. The van der Waals surface area contributed by atoms with Gasteiger partial charge in [-0.3, -0.25) is 0 Å². The minimum atomic E-state index is 0.587. The zero-order valence-corrected chi connectivity index (χ0v) is 11.6. The van der Waals surface area contributed by atoms with E-state index in [1.165, 1.54) is 25.7 Å². The number of methoxy groups -OCH3 is 1. The highest BCUT2D eigenvalue weighted by atomic mass is 16.5. The first-order valence-corrected chi connectivity index (χ1v) is 6.91. The van der Waals surface area contributed by atoms with Crippen LogP contribution in [-0.2, 0) is 11.3 Å². The quantitative estimate of drug-likeness (QED) is 0.900. The highest BCUT2D eigenvalue weighted by molar-refractivity contribution is 5.68. The summed E-state index contributed by atoms with van der Waals surface area (Å²) in [4.78, 5) is 2.32. The average Bonchev–Trinajstić information content (AvgIpc) is 2.60. The predicted molar refractivity (Wildman–Crippen MR) is 76.1 cm³/mol. The molecular weight excluding hydrogens is 240 g/mol. The molecule has 1 saturated heterocycles. The molecule has 1 aromatic rings. The van der Waals surface area contributed by atoms with E-state index < -0.39 is 0 Å². The van der Waals surface area contributed by atoms with Gasteiger partial charge < -0.3 is 19.9 Å². The molecule has 0 radical (unpaired) electrons. The molecular formula is C14H22N4O. The normalized spacial score (nSPS) is 16.1. The fraction of sp³-hybridized carbons (Fsp3) is 0.643. The van der Waals surface area contributed by atoms with Crippen molar-refractivity contribution in [3.05, 3.63) is 11.8 Å². The summed E-state index contributed by atoms with van der Waals surface area (Å²) < 4.78 is 7.12. The molecule has 1 aromatic heterocycles. The van der Waals surface area contributed by atoms with E-state index in [-0.39, 0.29) is 0 Å². The van der Waals surface area contributed by atoms with Crippen LogP contribution >= 0.6 is 0 Å². The molecule has 19 heavy (non-hydrogen) atoms. The molecule has 2 N–H and O–H groups in total. The van der Waals surface area contributed by atoms with Gasteiger partial charge in [-0.1, -0.05) is 12.8 Å². The van der Waals surface area contributed by atoms with Crippen LogP contribution in [0.3, 0.4) is 0 Å². The molecule has 0 atom stereocenters. The Morgan fingerprint density at radius 2 is 2.00 bits per heavy atom. The van der Waals surface area contributed by atoms with Crippen molar-refractivity contribution in [3.8, 4) is 6.07 Å². The second-order valence-corrected chi connectivity index (χ2v) is 4.97. The minimum absolute atomic E-state index is 0.587. The first-order valence-electron chi connectivity index (χ1n) is 6.91. The van der Waals surface area contributed by atoms with Crippen molar-refractivity contribution in [1.82, 2.24) is 4.57 Å². The molecule has 0 spiro atoms. The van der Waals surface area contributed by atoms with Crippen LogP contribution in [0.15, 0.2) is 6.07 Å². The van der Waals surface area contributed by atoms with E-state index in [2.05, 4.69) is 11.0 Å². The van der Waals surface area contributed by atoms with Crippen LogP contribution in [0.1, 0.15) is 31.4 Å². The van der Waals surface area contributed by atoms with Crippen molar-refractivity contribution in [2.24, 2.45) is 0 Å². The average molecular weight is 262 g/mol. The van der Waals surface area contributed by atoms with Crippen LogP contribution in [0.25, 0.3) is 0 Å². The predicted octanol–water partition coefficient (Wildman–Crippen LogP) is 1.97. The summed E-state index contributed by atoms with van der Waals surface area (Å²) in [7, 11) is 1.67.